The first-order valence-corrected chi connectivity index (χ1v) is 4.47. The predicted molar refractivity (Wildman–Crippen MR) is 49.4 cm³/mol. The summed E-state index contributed by atoms with van der Waals surface area (Å²) in [6.45, 7) is -0.212. The van der Waals surface area contributed by atoms with Crippen LogP contribution in [0.15, 0.2) is 0 Å². The van der Waals surface area contributed by atoms with Gasteiger partial charge in [0.25, 0.3) is 0 Å². The number of carboxylic acids is 2. The molecule has 7 heteroatoms. The van der Waals surface area contributed by atoms with Gasteiger partial charge in [-0.3, -0.25) is 4.79 Å². The monoisotopic (exact) mass is 221 g/mol. The zero-order valence-corrected chi connectivity index (χ0v) is 8.09. The van der Waals surface area contributed by atoms with Crippen molar-refractivity contribution in [3.63, 3.8) is 0 Å². The first-order valence-electron chi connectivity index (χ1n) is 4.47. The third-order valence-electron chi connectivity index (χ3n) is 1.81. The highest BCUT2D eigenvalue weighted by molar-refractivity contribution is 5.73. The van der Waals surface area contributed by atoms with Crippen molar-refractivity contribution < 1.29 is 30.0 Å². The molecule has 0 spiro atoms. The zero-order valence-electron chi connectivity index (χ0n) is 8.09. The van der Waals surface area contributed by atoms with E-state index >= 15 is 0 Å². The van der Waals surface area contributed by atoms with Crippen LogP contribution in [0.4, 0.5) is 0 Å². The lowest BCUT2D eigenvalue weighted by Crippen LogP contribution is -2.39. The van der Waals surface area contributed by atoms with Gasteiger partial charge in [0, 0.05) is 6.61 Å². The van der Waals surface area contributed by atoms with Crippen molar-refractivity contribution in [1.82, 2.24) is 5.32 Å². The maximum Gasteiger partial charge on any atom is 0.332 e. The third kappa shape index (κ3) is 6.00. The van der Waals surface area contributed by atoms with E-state index in [0.717, 1.165) is 0 Å². The summed E-state index contributed by atoms with van der Waals surface area (Å²) in [5.41, 5.74) is 0. The minimum Gasteiger partial charge on any atom is -0.480 e. The number of carbonyl (C=O) groups is 2. The predicted octanol–water partition coefficient (Wildman–Crippen LogP) is -1.75. The first kappa shape index (κ1) is 13.8. The number of aliphatic hydroxyl groups is 2. The molecule has 0 fully saturated rings. The minimum absolute atomic E-state index is 0.0402. The average Bonchev–Trinajstić information content (AvgIpc) is 2.15. The molecule has 0 bridgehead atoms. The molecule has 0 aromatic rings. The summed E-state index contributed by atoms with van der Waals surface area (Å²) >= 11 is 0. The van der Waals surface area contributed by atoms with Crippen LogP contribution in [-0.4, -0.2) is 57.7 Å². The minimum atomic E-state index is -1.50. The molecule has 0 heterocycles. The fourth-order valence-corrected chi connectivity index (χ4v) is 0.960. The molecule has 0 rings (SSSR count). The lowest BCUT2D eigenvalue weighted by Gasteiger charge is -2.13. The van der Waals surface area contributed by atoms with Crippen molar-refractivity contribution in [3.8, 4) is 0 Å². The fourth-order valence-electron chi connectivity index (χ4n) is 0.960. The summed E-state index contributed by atoms with van der Waals surface area (Å²) in [5, 5.41) is 36.9. The van der Waals surface area contributed by atoms with Gasteiger partial charge in [-0.1, -0.05) is 0 Å². The van der Waals surface area contributed by atoms with Crippen LogP contribution in [0.25, 0.3) is 0 Å². The van der Waals surface area contributed by atoms with Gasteiger partial charge in [0.15, 0.2) is 6.10 Å². The Hall–Kier alpha value is -1.18. The molecule has 0 saturated carbocycles. The zero-order chi connectivity index (χ0) is 11.8. The molecular formula is C8H15NO6. The lowest BCUT2D eigenvalue weighted by molar-refractivity contribution is -0.146. The van der Waals surface area contributed by atoms with E-state index in [-0.39, 0.29) is 26.0 Å². The van der Waals surface area contributed by atoms with Gasteiger partial charge in [-0.05, 0) is 19.4 Å². The van der Waals surface area contributed by atoms with E-state index in [4.69, 9.17) is 20.4 Å². The Labute approximate surface area is 86.3 Å². The van der Waals surface area contributed by atoms with Crippen molar-refractivity contribution in [1.29, 1.82) is 0 Å². The molecule has 0 saturated heterocycles. The van der Waals surface area contributed by atoms with Gasteiger partial charge >= 0.3 is 11.9 Å². The van der Waals surface area contributed by atoms with Crippen LogP contribution in [0.3, 0.4) is 0 Å². The van der Waals surface area contributed by atoms with Crippen LogP contribution >= 0.6 is 0 Å². The summed E-state index contributed by atoms with van der Waals surface area (Å²) in [6.07, 6.45) is -1.54. The molecule has 0 amide bonds. The third-order valence-corrected chi connectivity index (χ3v) is 1.81. The highest BCUT2D eigenvalue weighted by atomic mass is 16.4. The van der Waals surface area contributed by atoms with Crippen LogP contribution in [0.1, 0.15) is 12.8 Å². The van der Waals surface area contributed by atoms with Crippen molar-refractivity contribution in [3.05, 3.63) is 0 Å². The fraction of sp³-hybridized carbons (Fsp3) is 0.750. The smallest absolute Gasteiger partial charge is 0.332 e. The molecule has 5 N–H and O–H groups in total. The van der Waals surface area contributed by atoms with Gasteiger partial charge in [-0.15, -0.1) is 0 Å². The van der Waals surface area contributed by atoms with Crippen LogP contribution in [-0.2, 0) is 9.59 Å². The van der Waals surface area contributed by atoms with Gasteiger partial charge < -0.3 is 25.7 Å². The lowest BCUT2D eigenvalue weighted by atomic mass is 10.2. The second kappa shape index (κ2) is 7.16. The Morgan fingerprint density at radius 1 is 1.13 bits per heavy atom. The van der Waals surface area contributed by atoms with E-state index < -0.39 is 24.1 Å². The molecule has 0 aliphatic heterocycles. The number of hydrogen-bond acceptors (Lipinski definition) is 5. The Balaban J connectivity index is 3.80. The molecule has 0 aromatic carbocycles. The number of aliphatic hydroxyl groups excluding tert-OH is 2. The normalized spacial score (nSPS) is 14.5. The molecule has 0 radical (unpaired) electrons. The maximum atomic E-state index is 10.5. The maximum absolute atomic E-state index is 10.5. The molecule has 2 atom stereocenters. The molecular weight excluding hydrogens is 206 g/mol. The molecule has 88 valence electrons. The topological polar surface area (TPSA) is 127 Å². The van der Waals surface area contributed by atoms with Crippen LogP contribution in [0.2, 0.25) is 0 Å². The van der Waals surface area contributed by atoms with Gasteiger partial charge in [0.05, 0.1) is 0 Å². The number of hydrogen-bond donors (Lipinski definition) is 5. The highest BCUT2D eigenvalue weighted by Gasteiger charge is 2.17. The number of carboxylic acid groups (broad SMARTS) is 2. The Morgan fingerprint density at radius 2 is 1.73 bits per heavy atom. The SMILES string of the molecule is O=C(O)[C@H](CCO)NCC[C@H](O)C(=O)O. The van der Waals surface area contributed by atoms with E-state index in [9.17, 15) is 9.59 Å². The van der Waals surface area contributed by atoms with E-state index in [1.165, 1.54) is 0 Å². The number of rotatable bonds is 8. The molecule has 0 aliphatic rings. The molecule has 0 unspecified atom stereocenters. The summed E-state index contributed by atoms with van der Waals surface area (Å²) in [4.78, 5) is 20.7. The second-order valence-electron chi connectivity index (χ2n) is 3.00. The van der Waals surface area contributed by atoms with Crippen LogP contribution in [0, 0.1) is 0 Å². The van der Waals surface area contributed by atoms with E-state index in [1.54, 1.807) is 0 Å². The van der Waals surface area contributed by atoms with Crippen LogP contribution < -0.4 is 5.32 Å². The van der Waals surface area contributed by atoms with Crippen molar-refractivity contribution >= 4 is 11.9 Å². The number of nitrogens with one attached hydrogen (secondary N) is 1. The van der Waals surface area contributed by atoms with Gasteiger partial charge in [0.2, 0.25) is 0 Å². The Morgan fingerprint density at radius 3 is 2.13 bits per heavy atom. The van der Waals surface area contributed by atoms with Gasteiger partial charge in [-0.25, -0.2) is 4.79 Å². The average molecular weight is 221 g/mol. The Kier molecular flexibility index (Phi) is 6.59. The van der Waals surface area contributed by atoms with E-state index in [2.05, 4.69) is 5.32 Å². The highest BCUT2D eigenvalue weighted by Crippen LogP contribution is 1.94. The second-order valence-corrected chi connectivity index (χ2v) is 3.00. The first-order chi connectivity index (χ1) is 6.99. The number of aliphatic carboxylic acids is 2. The van der Waals surface area contributed by atoms with Crippen molar-refractivity contribution in [2.24, 2.45) is 0 Å². The molecule has 15 heavy (non-hydrogen) atoms. The van der Waals surface area contributed by atoms with E-state index in [0.29, 0.717) is 0 Å². The summed E-state index contributed by atoms with van der Waals surface area (Å²) < 4.78 is 0. The summed E-state index contributed by atoms with van der Waals surface area (Å²) in [6, 6.07) is -0.920. The standard InChI is InChI=1S/C8H15NO6/c10-4-2-5(7(12)13)9-3-1-6(11)8(14)15/h5-6,9-11H,1-4H2,(H,12,13)(H,14,15)/t5-,6-/m0/s1. The largest absolute Gasteiger partial charge is 0.480 e. The summed E-state index contributed by atoms with van der Waals surface area (Å²) in [5.74, 6) is -2.46. The van der Waals surface area contributed by atoms with Crippen molar-refractivity contribution in [2.75, 3.05) is 13.2 Å². The van der Waals surface area contributed by atoms with Crippen molar-refractivity contribution in [2.45, 2.75) is 25.0 Å². The quantitative estimate of drug-likeness (QED) is 0.329. The Bertz CT molecular complexity index is 219. The van der Waals surface area contributed by atoms with Gasteiger partial charge in [-0.2, -0.15) is 0 Å². The summed E-state index contributed by atoms with van der Waals surface area (Å²) in [7, 11) is 0. The van der Waals surface area contributed by atoms with Crippen LogP contribution in [0.5, 0.6) is 0 Å². The van der Waals surface area contributed by atoms with Gasteiger partial charge in [0.1, 0.15) is 6.04 Å². The molecule has 0 aromatic heterocycles. The molecule has 7 nitrogen and oxygen atoms in total. The molecule has 0 aliphatic carbocycles. The van der Waals surface area contributed by atoms with E-state index in [1.807, 2.05) is 0 Å².